The molecular weight excluding hydrogens is 348 g/mol. The second-order valence-corrected chi connectivity index (χ2v) is 8.24. The highest BCUT2D eigenvalue weighted by molar-refractivity contribution is 7.97. The van der Waals surface area contributed by atoms with Crippen LogP contribution < -0.4 is 10.6 Å². The number of pyridine rings is 1. The number of β-amino-alcohol motifs (C(OH)–C–C–N with tert-alkyl or cyclic N) is 2. The summed E-state index contributed by atoms with van der Waals surface area (Å²) in [5, 5.41) is 21.4. The van der Waals surface area contributed by atoms with Crippen molar-refractivity contribution >= 4 is 45.1 Å². The van der Waals surface area contributed by atoms with E-state index in [0.717, 1.165) is 32.4 Å². The van der Waals surface area contributed by atoms with Gasteiger partial charge in [0.05, 0.1) is 28.9 Å². The average Bonchev–Trinajstić information content (AvgIpc) is 2.56. The van der Waals surface area contributed by atoms with Gasteiger partial charge in [0.2, 0.25) is 0 Å². The van der Waals surface area contributed by atoms with Gasteiger partial charge in [-0.15, -0.1) is 0 Å². The Morgan fingerprint density at radius 1 is 0.923 bits per heavy atom. The summed E-state index contributed by atoms with van der Waals surface area (Å²) in [4.78, 5) is 8.11. The topological polar surface area (TPSA) is 85.8 Å². The number of benzene rings is 2. The number of aromatic nitrogens is 1. The Morgan fingerprint density at radius 3 is 2.27 bits per heavy atom. The molecule has 3 aromatic rings. The predicted octanol–water partition coefficient (Wildman–Crippen LogP) is 1.83. The first-order valence-corrected chi connectivity index (χ1v) is 9.51. The lowest BCUT2D eigenvalue weighted by atomic mass is 10.0. The third-order valence-corrected chi connectivity index (χ3v) is 6.00. The van der Waals surface area contributed by atoms with Crippen molar-refractivity contribution < 1.29 is 10.2 Å². The van der Waals surface area contributed by atoms with E-state index < -0.39 is 0 Å². The van der Waals surface area contributed by atoms with Crippen molar-refractivity contribution in [3.63, 3.8) is 0 Å². The monoisotopic (exact) mass is 368 g/mol. The first-order valence-electron chi connectivity index (χ1n) is 8.74. The molecule has 6 nitrogen and oxygen atoms in total. The number of rotatable bonds is 3. The number of fused-ring (bicyclic) bond motifs is 2. The highest BCUT2D eigenvalue weighted by atomic mass is 32.2. The van der Waals surface area contributed by atoms with Crippen LogP contribution in [0.5, 0.6) is 0 Å². The summed E-state index contributed by atoms with van der Waals surface area (Å²) in [6.07, 6.45) is -0.496. The van der Waals surface area contributed by atoms with E-state index in [1.54, 1.807) is 11.9 Å². The van der Waals surface area contributed by atoms with E-state index >= 15 is 0 Å². The molecule has 3 heterocycles. The summed E-state index contributed by atoms with van der Waals surface area (Å²) >= 11 is 1.66. The highest BCUT2D eigenvalue weighted by Gasteiger charge is 2.29. The van der Waals surface area contributed by atoms with Gasteiger partial charge in [-0.2, -0.15) is 0 Å². The Kier molecular flexibility index (Phi) is 3.72. The lowest BCUT2D eigenvalue weighted by Gasteiger charge is -2.39. The van der Waals surface area contributed by atoms with E-state index in [2.05, 4.69) is 21.3 Å². The van der Waals surface area contributed by atoms with Gasteiger partial charge in [0.25, 0.3) is 0 Å². The van der Waals surface area contributed by atoms with E-state index in [0.29, 0.717) is 31.9 Å². The van der Waals surface area contributed by atoms with Crippen LogP contribution >= 0.6 is 11.9 Å². The van der Waals surface area contributed by atoms with Crippen LogP contribution in [0.3, 0.4) is 0 Å². The zero-order valence-corrected chi connectivity index (χ0v) is 15.0. The smallest absolute Gasteiger partial charge is 0.0889 e. The van der Waals surface area contributed by atoms with Gasteiger partial charge in [-0.1, -0.05) is 0 Å². The molecule has 2 fully saturated rings. The van der Waals surface area contributed by atoms with Crippen LogP contribution in [0.25, 0.3) is 21.8 Å². The number of aliphatic hydroxyl groups is 2. The fraction of sp³-hybridized carbons (Fsp3) is 0.316. The lowest BCUT2D eigenvalue weighted by Crippen LogP contribution is -2.51. The summed E-state index contributed by atoms with van der Waals surface area (Å²) in [6, 6.07) is 12.1. The van der Waals surface area contributed by atoms with Crippen molar-refractivity contribution in [1.82, 2.24) is 9.29 Å². The van der Waals surface area contributed by atoms with Crippen molar-refractivity contribution in [3.8, 4) is 0 Å². The van der Waals surface area contributed by atoms with Crippen molar-refractivity contribution in [2.24, 2.45) is 0 Å². The molecule has 0 aliphatic carbocycles. The first kappa shape index (κ1) is 16.1. The number of nitrogen functional groups attached to an aromatic ring is 1. The molecule has 7 heteroatoms. The Hall–Kier alpha value is -2.06. The molecule has 134 valence electrons. The zero-order valence-electron chi connectivity index (χ0n) is 14.2. The van der Waals surface area contributed by atoms with Gasteiger partial charge < -0.3 is 20.8 Å². The molecule has 2 aliphatic rings. The molecule has 2 aromatic carbocycles. The van der Waals surface area contributed by atoms with Crippen LogP contribution in [0.4, 0.5) is 11.4 Å². The van der Waals surface area contributed by atoms with Gasteiger partial charge in [-0.05, 0) is 48.3 Å². The fourth-order valence-corrected chi connectivity index (χ4v) is 4.68. The van der Waals surface area contributed by atoms with Gasteiger partial charge in [-0.3, -0.25) is 0 Å². The summed E-state index contributed by atoms with van der Waals surface area (Å²) in [6.45, 7) is 2.64. The molecule has 0 atom stereocenters. The summed E-state index contributed by atoms with van der Waals surface area (Å²) in [7, 11) is 0. The minimum Gasteiger partial charge on any atom is -0.399 e. The van der Waals surface area contributed by atoms with Crippen molar-refractivity contribution in [3.05, 3.63) is 36.4 Å². The molecule has 5 rings (SSSR count). The third-order valence-electron chi connectivity index (χ3n) is 4.98. The number of hydrogen-bond donors (Lipinski definition) is 3. The normalized spacial score (nSPS) is 19.1. The Bertz CT molecular complexity index is 1000. The van der Waals surface area contributed by atoms with E-state index in [1.807, 2.05) is 24.3 Å². The molecule has 0 spiro atoms. The number of nitrogens with two attached hydrogens (primary N) is 1. The lowest BCUT2D eigenvalue weighted by molar-refractivity contribution is 0.0616. The molecule has 0 bridgehead atoms. The Labute approximate surface area is 155 Å². The second-order valence-electron chi connectivity index (χ2n) is 7.07. The molecular formula is C19H20N4O2S. The molecule has 0 radical (unpaired) electrons. The Morgan fingerprint density at radius 2 is 1.58 bits per heavy atom. The van der Waals surface area contributed by atoms with Crippen molar-refractivity contribution in [2.75, 3.05) is 36.8 Å². The van der Waals surface area contributed by atoms with Crippen LogP contribution in [-0.4, -0.2) is 57.9 Å². The highest BCUT2D eigenvalue weighted by Crippen LogP contribution is 2.39. The minimum atomic E-state index is -0.283. The van der Waals surface area contributed by atoms with Gasteiger partial charge in [-0.25, -0.2) is 9.29 Å². The maximum atomic E-state index is 9.80. The number of nitrogens with zero attached hydrogens (tertiary/aromatic N) is 3. The molecule has 0 unspecified atom stereocenters. The van der Waals surface area contributed by atoms with Crippen molar-refractivity contribution in [2.45, 2.75) is 17.1 Å². The summed E-state index contributed by atoms with van der Waals surface area (Å²) in [5.74, 6) is 0. The van der Waals surface area contributed by atoms with Crippen LogP contribution in [-0.2, 0) is 0 Å². The SMILES string of the molecule is Nc1ccc2nc3ccc(SN4CC(O)C4)cc3c(N3CC(O)C3)c2c1. The van der Waals surface area contributed by atoms with Crippen LogP contribution in [0.15, 0.2) is 41.3 Å². The van der Waals surface area contributed by atoms with Crippen LogP contribution in [0, 0.1) is 0 Å². The van der Waals surface area contributed by atoms with Gasteiger partial charge in [0.15, 0.2) is 0 Å². The van der Waals surface area contributed by atoms with Gasteiger partial charge in [0.1, 0.15) is 0 Å². The molecule has 2 saturated heterocycles. The van der Waals surface area contributed by atoms with E-state index in [1.165, 1.54) is 0 Å². The molecule has 4 N–H and O–H groups in total. The molecule has 26 heavy (non-hydrogen) atoms. The summed E-state index contributed by atoms with van der Waals surface area (Å²) < 4.78 is 2.14. The van der Waals surface area contributed by atoms with E-state index in [9.17, 15) is 10.2 Å². The standard InChI is InChI=1S/C19H20N4O2S/c20-11-1-3-17-15(5-11)19(22-7-12(24)8-22)16-6-14(2-4-18(16)21-17)26-23-9-13(25)10-23/h1-6,12-13,24-25H,7-10,20H2. The minimum absolute atomic E-state index is 0.213. The predicted molar refractivity (Wildman–Crippen MR) is 105 cm³/mol. The van der Waals surface area contributed by atoms with Crippen molar-refractivity contribution in [1.29, 1.82) is 0 Å². The molecule has 0 saturated carbocycles. The number of anilines is 2. The zero-order chi connectivity index (χ0) is 17.8. The largest absolute Gasteiger partial charge is 0.399 e. The maximum absolute atomic E-state index is 9.80. The number of hydrogen-bond acceptors (Lipinski definition) is 7. The average molecular weight is 368 g/mol. The van der Waals surface area contributed by atoms with Gasteiger partial charge >= 0.3 is 0 Å². The second kappa shape index (κ2) is 5.99. The fourth-order valence-electron chi connectivity index (χ4n) is 3.59. The maximum Gasteiger partial charge on any atom is 0.0889 e. The van der Waals surface area contributed by atoms with E-state index in [-0.39, 0.29) is 12.2 Å². The first-order chi connectivity index (χ1) is 12.6. The Balaban J connectivity index is 1.65. The van der Waals surface area contributed by atoms with Crippen LogP contribution in [0.1, 0.15) is 0 Å². The van der Waals surface area contributed by atoms with Crippen LogP contribution in [0.2, 0.25) is 0 Å². The molecule has 0 amide bonds. The van der Waals surface area contributed by atoms with Gasteiger partial charge in [0, 0.05) is 47.5 Å². The summed E-state index contributed by atoms with van der Waals surface area (Å²) in [5.41, 5.74) is 9.68. The molecule has 2 aliphatic heterocycles. The molecule has 1 aromatic heterocycles. The van der Waals surface area contributed by atoms with E-state index in [4.69, 9.17) is 10.7 Å². The number of aliphatic hydroxyl groups excluding tert-OH is 2. The third kappa shape index (κ3) is 2.68. The quantitative estimate of drug-likeness (QED) is 0.369.